The van der Waals surface area contributed by atoms with E-state index in [-0.39, 0.29) is 0 Å². The van der Waals surface area contributed by atoms with Crippen LogP contribution < -0.4 is 4.90 Å². The van der Waals surface area contributed by atoms with Gasteiger partial charge in [0.2, 0.25) is 0 Å². The van der Waals surface area contributed by atoms with E-state index in [0.717, 1.165) is 62.0 Å². The maximum atomic E-state index is 9.49. The Hall–Kier alpha value is -1.69. The van der Waals surface area contributed by atoms with Gasteiger partial charge in [0.1, 0.15) is 16.9 Å². The van der Waals surface area contributed by atoms with Gasteiger partial charge in [-0.2, -0.15) is 5.26 Å². The zero-order chi connectivity index (χ0) is 14.7. The van der Waals surface area contributed by atoms with Crippen molar-refractivity contribution in [1.29, 1.82) is 5.26 Å². The van der Waals surface area contributed by atoms with Crippen molar-refractivity contribution in [2.45, 2.75) is 24.3 Å². The summed E-state index contributed by atoms with van der Waals surface area (Å²) >= 11 is 1.49. The minimum absolute atomic E-state index is 0.545. The molecule has 0 radical (unpaired) electrons. The molecule has 1 aliphatic heterocycles. The third kappa shape index (κ3) is 2.72. The average Bonchev–Trinajstić information content (AvgIpc) is 3.02. The van der Waals surface area contributed by atoms with E-state index in [4.69, 9.17) is 16.1 Å². The molecule has 0 spiro atoms. The fourth-order valence-electron chi connectivity index (χ4n) is 2.98. The number of thioether (sulfide) groups is 1. The predicted octanol–water partition coefficient (Wildman–Crippen LogP) is 2.00. The van der Waals surface area contributed by atoms with Crippen LogP contribution >= 0.6 is 11.8 Å². The molecule has 0 saturated carbocycles. The minimum Gasteiger partial charge on any atom is -0.378 e. The van der Waals surface area contributed by atoms with Gasteiger partial charge in [-0.1, -0.05) is 17.7 Å². The molecular formula is C16H17N3OS. The summed E-state index contributed by atoms with van der Waals surface area (Å²) in [5.41, 5.74) is 3.19. The Morgan fingerprint density at radius 1 is 1.29 bits per heavy atom. The van der Waals surface area contributed by atoms with Crippen LogP contribution in [0.2, 0.25) is 0 Å². The van der Waals surface area contributed by atoms with E-state index in [1.54, 1.807) is 0 Å². The van der Waals surface area contributed by atoms with Gasteiger partial charge in [0.15, 0.2) is 0 Å². The summed E-state index contributed by atoms with van der Waals surface area (Å²) in [6, 6.07) is 2.34. The molecule has 0 aromatic carbocycles. The van der Waals surface area contributed by atoms with Crippen LogP contribution in [0.25, 0.3) is 0 Å². The second-order valence-electron chi connectivity index (χ2n) is 5.13. The summed E-state index contributed by atoms with van der Waals surface area (Å²) in [7, 11) is 0. The molecule has 0 atom stereocenters. The zero-order valence-electron chi connectivity index (χ0n) is 11.9. The Morgan fingerprint density at radius 3 is 2.76 bits per heavy atom. The molecule has 1 saturated heterocycles. The number of hydrogen-bond acceptors (Lipinski definition) is 5. The molecular weight excluding hydrogens is 282 g/mol. The first-order valence-corrected chi connectivity index (χ1v) is 8.18. The molecule has 2 heterocycles. The van der Waals surface area contributed by atoms with Gasteiger partial charge in [-0.05, 0) is 30.4 Å². The summed E-state index contributed by atoms with van der Waals surface area (Å²) in [5.74, 6) is 4.20. The Kier molecular flexibility index (Phi) is 4.34. The standard InChI is InChI=1S/C16H17N3OS/c1-2-10-21-16-14(11-17)12-4-3-5-13(12)15(18-16)19-6-8-20-9-7-19/h1H,3-10H2. The molecule has 108 valence electrons. The molecule has 1 aromatic rings. The lowest BCUT2D eigenvalue weighted by Crippen LogP contribution is -2.37. The summed E-state index contributed by atoms with van der Waals surface area (Å²) < 4.78 is 5.43. The lowest BCUT2D eigenvalue weighted by molar-refractivity contribution is 0.122. The largest absolute Gasteiger partial charge is 0.378 e. The van der Waals surface area contributed by atoms with Gasteiger partial charge in [0, 0.05) is 13.1 Å². The lowest BCUT2D eigenvalue weighted by Gasteiger charge is -2.30. The Morgan fingerprint density at radius 2 is 2.05 bits per heavy atom. The summed E-state index contributed by atoms with van der Waals surface area (Å²) in [4.78, 5) is 7.08. The third-order valence-corrected chi connectivity index (χ3v) is 4.81. The number of pyridine rings is 1. The second-order valence-corrected chi connectivity index (χ2v) is 6.09. The predicted molar refractivity (Wildman–Crippen MR) is 83.6 cm³/mol. The number of anilines is 1. The SMILES string of the molecule is C#CCSc1nc(N2CCOCC2)c2c(c1C#N)CCC2. The molecule has 4 nitrogen and oxygen atoms in total. The molecule has 2 aliphatic rings. The molecule has 5 heteroatoms. The molecule has 3 rings (SSSR count). The van der Waals surface area contributed by atoms with Crippen molar-refractivity contribution in [1.82, 2.24) is 4.98 Å². The average molecular weight is 299 g/mol. The van der Waals surface area contributed by atoms with Crippen LogP contribution in [0.3, 0.4) is 0 Å². The lowest BCUT2D eigenvalue weighted by atomic mass is 10.1. The van der Waals surface area contributed by atoms with Gasteiger partial charge in [-0.25, -0.2) is 4.98 Å². The zero-order valence-corrected chi connectivity index (χ0v) is 12.7. The molecule has 1 aliphatic carbocycles. The highest BCUT2D eigenvalue weighted by Gasteiger charge is 2.26. The van der Waals surface area contributed by atoms with E-state index in [9.17, 15) is 5.26 Å². The van der Waals surface area contributed by atoms with Gasteiger partial charge in [-0.15, -0.1) is 6.42 Å². The van der Waals surface area contributed by atoms with Gasteiger partial charge in [0.05, 0.1) is 24.5 Å². The summed E-state index contributed by atoms with van der Waals surface area (Å²) in [5, 5.41) is 10.3. The van der Waals surface area contributed by atoms with Crippen LogP contribution in [0, 0.1) is 23.7 Å². The van der Waals surface area contributed by atoms with E-state index in [2.05, 4.69) is 16.9 Å². The van der Waals surface area contributed by atoms with E-state index in [1.165, 1.54) is 22.9 Å². The van der Waals surface area contributed by atoms with Crippen molar-refractivity contribution in [3.05, 3.63) is 16.7 Å². The molecule has 0 N–H and O–H groups in total. The molecule has 0 amide bonds. The first kappa shape index (κ1) is 14.3. The number of morpholine rings is 1. The van der Waals surface area contributed by atoms with E-state index < -0.39 is 0 Å². The number of hydrogen-bond donors (Lipinski definition) is 0. The molecule has 0 unspecified atom stereocenters. The van der Waals surface area contributed by atoms with E-state index in [0.29, 0.717) is 5.75 Å². The van der Waals surface area contributed by atoms with Crippen LogP contribution in [0.4, 0.5) is 5.82 Å². The first-order valence-electron chi connectivity index (χ1n) is 7.20. The van der Waals surface area contributed by atoms with E-state index >= 15 is 0 Å². The van der Waals surface area contributed by atoms with Gasteiger partial charge in [0.25, 0.3) is 0 Å². The highest BCUT2D eigenvalue weighted by atomic mass is 32.2. The number of fused-ring (bicyclic) bond motifs is 1. The maximum absolute atomic E-state index is 9.49. The fraction of sp³-hybridized carbons (Fsp3) is 0.500. The van der Waals surface area contributed by atoms with Crippen LogP contribution in [0.5, 0.6) is 0 Å². The number of ether oxygens (including phenoxy) is 1. The van der Waals surface area contributed by atoms with Crippen molar-refractivity contribution in [2.24, 2.45) is 0 Å². The van der Waals surface area contributed by atoms with Crippen LogP contribution in [0.1, 0.15) is 23.1 Å². The Labute approximate surface area is 129 Å². The molecule has 1 fully saturated rings. The maximum Gasteiger partial charge on any atom is 0.133 e. The van der Waals surface area contributed by atoms with E-state index in [1.807, 2.05) is 0 Å². The highest BCUT2D eigenvalue weighted by Crippen LogP contribution is 2.37. The Bertz CT molecular complexity index is 624. The number of nitrogens with zero attached hydrogens (tertiary/aromatic N) is 3. The van der Waals surface area contributed by atoms with Crippen molar-refractivity contribution >= 4 is 17.6 Å². The summed E-state index contributed by atoms with van der Waals surface area (Å²) in [6.45, 7) is 3.21. The van der Waals surface area contributed by atoms with Gasteiger partial charge >= 0.3 is 0 Å². The van der Waals surface area contributed by atoms with Gasteiger partial charge in [-0.3, -0.25) is 0 Å². The van der Waals surface area contributed by atoms with Crippen LogP contribution in [-0.4, -0.2) is 37.0 Å². The normalized spacial score (nSPS) is 17.1. The van der Waals surface area contributed by atoms with Crippen molar-refractivity contribution in [3.8, 4) is 18.4 Å². The fourth-order valence-corrected chi connectivity index (χ4v) is 3.67. The first-order chi connectivity index (χ1) is 10.3. The van der Waals surface area contributed by atoms with Crippen molar-refractivity contribution < 1.29 is 4.74 Å². The van der Waals surface area contributed by atoms with Crippen molar-refractivity contribution in [3.63, 3.8) is 0 Å². The van der Waals surface area contributed by atoms with Crippen LogP contribution in [-0.2, 0) is 17.6 Å². The molecule has 21 heavy (non-hydrogen) atoms. The minimum atomic E-state index is 0.545. The molecule has 0 bridgehead atoms. The number of aromatic nitrogens is 1. The summed E-state index contributed by atoms with van der Waals surface area (Å²) in [6.07, 6.45) is 8.45. The number of nitriles is 1. The molecule has 1 aromatic heterocycles. The number of rotatable bonds is 3. The van der Waals surface area contributed by atoms with Crippen molar-refractivity contribution in [2.75, 3.05) is 37.0 Å². The monoisotopic (exact) mass is 299 g/mol. The smallest absolute Gasteiger partial charge is 0.133 e. The highest BCUT2D eigenvalue weighted by molar-refractivity contribution is 7.99. The second kappa shape index (κ2) is 6.39. The van der Waals surface area contributed by atoms with Crippen LogP contribution in [0.15, 0.2) is 5.03 Å². The quantitative estimate of drug-likeness (QED) is 0.631. The van der Waals surface area contributed by atoms with Gasteiger partial charge < -0.3 is 9.64 Å². The number of terminal acetylenes is 1. The topological polar surface area (TPSA) is 49.2 Å². The third-order valence-electron chi connectivity index (χ3n) is 3.93. The Balaban J connectivity index is 2.05.